The van der Waals surface area contributed by atoms with Crippen molar-refractivity contribution in [1.82, 2.24) is 25.3 Å². The van der Waals surface area contributed by atoms with Crippen LogP contribution in [0.4, 0.5) is 9.59 Å². The monoisotopic (exact) mass is 1250 g/mol. The lowest BCUT2D eigenvalue weighted by molar-refractivity contribution is -0.144. The molecule has 0 atom stereocenters. The van der Waals surface area contributed by atoms with Gasteiger partial charge in [-0.15, -0.1) is 11.6 Å². The zero-order valence-electron chi connectivity index (χ0n) is 51.9. The number of carbonyl (C=O) groups excluding carboxylic acids is 5. The second-order valence-corrected chi connectivity index (χ2v) is 22.1. The summed E-state index contributed by atoms with van der Waals surface area (Å²) < 4.78 is 67.2. The number of morpholine rings is 1. The number of halogens is 1. The summed E-state index contributed by atoms with van der Waals surface area (Å²) in [5.41, 5.74) is 3.90. The molecule has 2 heterocycles. The van der Waals surface area contributed by atoms with Gasteiger partial charge in [-0.1, -0.05) is 76.1 Å². The van der Waals surface area contributed by atoms with Crippen molar-refractivity contribution in [3.63, 3.8) is 0 Å². The maximum absolute atomic E-state index is 13.9. The van der Waals surface area contributed by atoms with E-state index < -0.39 is 12.2 Å². The number of alkyl carbamates (subject to hydrolysis) is 2. The number of nitrogens with zero attached hydrogens (tertiary/aromatic N) is 3. The minimum atomic E-state index is -0.591. The Labute approximate surface area is 523 Å². The third-order valence-corrected chi connectivity index (χ3v) is 13.8. The summed E-state index contributed by atoms with van der Waals surface area (Å²) in [4.78, 5) is 64.7. The van der Waals surface area contributed by atoms with Crippen LogP contribution in [0, 0.1) is 0 Å². The molecule has 4 aromatic rings. The molecule has 1 aliphatic rings. The van der Waals surface area contributed by atoms with Crippen molar-refractivity contribution in [3.05, 3.63) is 101 Å². The Kier molecular flexibility index (Phi) is 36.5. The first-order valence-electron chi connectivity index (χ1n) is 30.8. The molecule has 88 heavy (non-hydrogen) atoms. The number of ether oxygens (including phenoxy) is 12. The number of alkyl halides is 1. The summed E-state index contributed by atoms with van der Waals surface area (Å²) in [5.74, 6) is 0.813. The molecule has 488 valence electrons. The van der Waals surface area contributed by atoms with Crippen molar-refractivity contribution in [2.45, 2.75) is 96.9 Å². The number of carbonyl (C=O) groups is 5. The molecule has 5 rings (SSSR count). The molecule has 2 N–H and O–H groups in total. The topological polar surface area (TPSA) is 241 Å². The third kappa shape index (κ3) is 31.3. The molecule has 0 radical (unpaired) electrons. The van der Waals surface area contributed by atoms with Crippen molar-refractivity contribution in [3.8, 4) is 11.4 Å². The molecule has 0 spiro atoms. The highest BCUT2D eigenvalue weighted by molar-refractivity contribution is 6.17. The summed E-state index contributed by atoms with van der Waals surface area (Å²) in [7, 11) is 0. The van der Waals surface area contributed by atoms with E-state index in [0.717, 1.165) is 103 Å². The van der Waals surface area contributed by atoms with Crippen LogP contribution in [0.5, 0.6) is 5.75 Å². The van der Waals surface area contributed by atoms with Crippen LogP contribution in [0.2, 0.25) is 0 Å². The average molecular weight is 1250 g/mol. The Bertz CT molecular complexity index is 2660. The Morgan fingerprint density at radius 1 is 0.591 bits per heavy atom. The van der Waals surface area contributed by atoms with Crippen molar-refractivity contribution >= 4 is 52.3 Å². The van der Waals surface area contributed by atoms with Gasteiger partial charge in [0.15, 0.2) is 0 Å². The molecule has 0 aliphatic carbocycles. The second kappa shape index (κ2) is 44.3. The lowest BCUT2D eigenvalue weighted by atomic mass is 9.92. The quantitative estimate of drug-likeness (QED) is 0.0139. The van der Waals surface area contributed by atoms with Gasteiger partial charge in [-0.2, -0.15) is 5.10 Å². The first-order chi connectivity index (χ1) is 42.9. The molecule has 23 heteroatoms. The smallest absolute Gasteiger partial charge is 0.407 e. The number of fused-ring (bicyclic) bond motifs is 1. The van der Waals surface area contributed by atoms with Gasteiger partial charge in [-0.3, -0.25) is 19.3 Å². The molecule has 0 saturated carbocycles. The van der Waals surface area contributed by atoms with Crippen LogP contribution in [0.25, 0.3) is 16.5 Å². The number of benzene rings is 3. The van der Waals surface area contributed by atoms with Gasteiger partial charge in [0.25, 0.3) is 0 Å². The van der Waals surface area contributed by atoms with E-state index in [9.17, 15) is 24.0 Å². The van der Waals surface area contributed by atoms with Crippen LogP contribution in [-0.2, 0) is 91.3 Å². The summed E-state index contributed by atoms with van der Waals surface area (Å²) in [6, 6.07) is 21.7. The Hall–Kier alpha value is -6.21. The van der Waals surface area contributed by atoms with Crippen LogP contribution in [0.15, 0.2) is 78.9 Å². The summed E-state index contributed by atoms with van der Waals surface area (Å²) in [6.45, 7) is 16.1. The zero-order valence-corrected chi connectivity index (χ0v) is 52.7. The molecule has 1 saturated heterocycles. The minimum absolute atomic E-state index is 0.0436. The van der Waals surface area contributed by atoms with E-state index in [1.54, 1.807) is 12.2 Å². The fourth-order valence-corrected chi connectivity index (χ4v) is 9.03. The van der Waals surface area contributed by atoms with Crippen molar-refractivity contribution in [1.29, 1.82) is 0 Å². The maximum Gasteiger partial charge on any atom is 0.407 e. The van der Waals surface area contributed by atoms with E-state index in [1.807, 2.05) is 71.4 Å². The summed E-state index contributed by atoms with van der Waals surface area (Å²) >= 11 is 5.66. The van der Waals surface area contributed by atoms with Gasteiger partial charge in [0.2, 0.25) is 0 Å². The number of ketones is 1. The predicted octanol–water partition coefficient (Wildman–Crippen LogP) is 8.44. The predicted molar refractivity (Wildman–Crippen MR) is 333 cm³/mol. The summed E-state index contributed by atoms with van der Waals surface area (Å²) in [6.07, 6.45) is 8.09. The Morgan fingerprint density at radius 2 is 1.17 bits per heavy atom. The van der Waals surface area contributed by atoms with Crippen LogP contribution in [0.3, 0.4) is 0 Å². The van der Waals surface area contributed by atoms with Crippen LogP contribution < -0.4 is 15.4 Å². The average Bonchev–Trinajstić information content (AvgIpc) is 3.88. The normalized spacial score (nSPS) is 12.8. The molecule has 2 amide bonds. The molecule has 0 unspecified atom stereocenters. The van der Waals surface area contributed by atoms with Gasteiger partial charge >= 0.3 is 24.1 Å². The number of esters is 2. The first kappa shape index (κ1) is 72.5. The van der Waals surface area contributed by atoms with E-state index >= 15 is 0 Å². The first-order valence-corrected chi connectivity index (χ1v) is 31.4. The van der Waals surface area contributed by atoms with E-state index in [4.69, 9.17) is 73.5 Å². The van der Waals surface area contributed by atoms with E-state index in [2.05, 4.69) is 36.3 Å². The minimum Gasteiger partial charge on any atom is -0.492 e. The largest absolute Gasteiger partial charge is 0.492 e. The van der Waals surface area contributed by atoms with Gasteiger partial charge < -0.3 is 67.5 Å². The van der Waals surface area contributed by atoms with Gasteiger partial charge in [0.05, 0.1) is 89.8 Å². The second-order valence-electron chi connectivity index (χ2n) is 21.7. The van der Waals surface area contributed by atoms with Crippen molar-refractivity contribution < 1.29 is 80.8 Å². The Morgan fingerprint density at radius 3 is 1.81 bits per heavy atom. The molecule has 1 fully saturated rings. The number of hydrogen-bond acceptors (Lipinski definition) is 19. The number of rotatable bonds is 47. The zero-order chi connectivity index (χ0) is 62.7. The summed E-state index contributed by atoms with van der Waals surface area (Å²) in [5, 5.41) is 12.3. The number of aromatic nitrogens is 2. The van der Waals surface area contributed by atoms with Gasteiger partial charge in [0.1, 0.15) is 44.6 Å². The fourth-order valence-electron chi connectivity index (χ4n) is 8.84. The molecular formula is C65H94ClN5O17. The molecule has 1 aliphatic heterocycles. The standard InChI is InChI=1S/C65H94ClN5O17/c1-65(2,3)60-50-55(49-56(72)48-53-21-22-59(58-18-7-6-17-57(53)58)84-36-27-70-25-34-81-35-26-70)71(69-60)54-16-12-15-52(47-54)51-68-64(76)88-46-44-83-42-39-79-30-14-20-62(74)86-32-11-10-31-85-61(73)19-13-29-78-38-41-82-43-45-87-63(75)67-24-33-80-40-37-77-28-9-5-4-8-23-66/h6-7,10-12,15-18,21-22,47,50H,4-5,8-9,13-14,19-20,23-46,48-49,51H2,1-3H3,(H,67,75)(H,68,76)/b11-10-. The van der Waals surface area contributed by atoms with Gasteiger partial charge in [0, 0.05) is 94.9 Å². The molecule has 22 nitrogen and oxygen atoms in total. The lowest BCUT2D eigenvalue weighted by Crippen LogP contribution is -2.38. The molecule has 1 aromatic heterocycles. The van der Waals surface area contributed by atoms with Gasteiger partial charge in [-0.05, 0) is 78.6 Å². The van der Waals surface area contributed by atoms with Crippen molar-refractivity contribution in [2.75, 3.05) is 158 Å². The molecule has 3 aromatic carbocycles. The van der Waals surface area contributed by atoms with Crippen molar-refractivity contribution in [2.24, 2.45) is 0 Å². The lowest BCUT2D eigenvalue weighted by Gasteiger charge is -2.26. The number of hydrogen-bond donors (Lipinski definition) is 2. The maximum atomic E-state index is 13.9. The number of amides is 2. The molecular weight excluding hydrogens is 1160 g/mol. The highest BCUT2D eigenvalue weighted by Gasteiger charge is 2.23. The number of nitrogens with one attached hydrogen (secondary N) is 2. The molecule has 0 bridgehead atoms. The van der Waals surface area contributed by atoms with Gasteiger partial charge in [-0.25, -0.2) is 14.3 Å². The number of unbranched alkanes of at least 4 members (excludes halogenated alkanes) is 3. The highest BCUT2D eigenvalue weighted by atomic mass is 35.5. The third-order valence-electron chi connectivity index (χ3n) is 13.6. The highest BCUT2D eigenvalue weighted by Crippen LogP contribution is 2.30. The number of Topliss-reactive ketones (excluding diaryl/α,β-unsaturated/α-hetero) is 1. The van der Waals surface area contributed by atoms with E-state index in [0.29, 0.717) is 91.3 Å². The van der Waals surface area contributed by atoms with Crippen LogP contribution >= 0.6 is 11.6 Å². The fraction of sp³-hybridized carbons (Fsp3) is 0.600. The van der Waals surface area contributed by atoms with Crippen LogP contribution in [0.1, 0.15) is 94.7 Å². The van der Waals surface area contributed by atoms with E-state index in [1.165, 1.54) is 0 Å². The Balaban J connectivity index is 0.822. The van der Waals surface area contributed by atoms with E-state index in [-0.39, 0.29) is 102 Å². The SMILES string of the molecule is CC(C)(C)c1cc(CC(=O)Cc2ccc(OCCN3CCOCC3)c3ccccc23)n(-c2cccc(CNC(=O)OCCOCCOCCCC(=O)OC/C=C\COC(=O)CCCOCCOCCOC(=O)NCCOCCOCCCCCCCl)c2)n1. The van der Waals surface area contributed by atoms with Crippen LogP contribution in [-0.4, -0.2) is 202 Å².